The minimum Gasteiger partial charge on any atom is -0.307 e. The summed E-state index contributed by atoms with van der Waals surface area (Å²) in [5.74, 6) is -0.193. The fourth-order valence-electron chi connectivity index (χ4n) is 2.50. The minimum absolute atomic E-state index is 0.0368. The van der Waals surface area contributed by atoms with Gasteiger partial charge in [-0.2, -0.15) is 0 Å². The van der Waals surface area contributed by atoms with Gasteiger partial charge in [-0.15, -0.1) is 0 Å². The SMILES string of the molecule is Cc1ccc(NC(=O)c2cc(S(=O)(=O)N(C)c3ccccc3)ccc2Cl)nc1. The maximum atomic E-state index is 13.0. The second-order valence-electron chi connectivity index (χ2n) is 6.12. The average molecular weight is 416 g/mol. The maximum absolute atomic E-state index is 13.0. The van der Waals surface area contributed by atoms with Gasteiger partial charge in [-0.1, -0.05) is 35.9 Å². The van der Waals surface area contributed by atoms with E-state index in [2.05, 4.69) is 10.3 Å². The Morgan fingerprint density at radius 3 is 2.43 bits per heavy atom. The Bertz CT molecular complexity index is 1100. The molecule has 3 rings (SSSR count). The van der Waals surface area contributed by atoms with E-state index in [1.54, 1.807) is 48.7 Å². The van der Waals surface area contributed by atoms with Gasteiger partial charge in [0.25, 0.3) is 15.9 Å². The number of benzene rings is 2. The van der Waals surface area contributed by atoms with Crippen molar-refractivity contribution in [3.63, 3.8) is 0 Å². The molecule has 1 amide bonds. The van der Waals surface area contributed by atoms with Crippen LogP contribution >= 0.6 is 11.6 Å². The lowest BCUT2D eigenvalue weighted by atomic mass is 10.2. The van der Waals surface area contributed by atoms with Crippen LogP contribution < -0.4 is 9.62 Å². The number of aryl methyl sites for hydroxylation is 1. The first-order valence-corrected chi connectivity index (χ1v) is 10.2. The number of nitrogens with one attached hydrogen (secondary N) is 1. The number of aromatic nitrogens is 1. The number of para-hydroxylation sites is 1. The lowest BCUT2D eigenvalue weighted by Gasteiger charge is -2.20. The van der Waals surface area contributed by atoms with Gasteiger partial charge < -0.3 is 5.32 Å². The monoisotopic (exact) mass is 415 g/mol. The summed E-state index contributed by atoms with van der Waals surface area (Å²) in [6.07, 6.45) is 1.62. The summed E-state index contributed by atoms with van der Waals surface area (Å²) < 4.78 is 27.1. The Balaban J connectivity index is 1.92. The number of hydrogen-bond donors (Lipinski definition) is 1. The van der Waals surface area contributed by atoms with Crippen molar-refractivity contribution in [1.82, 2.24) is 4.98 Å². The lowest BCUT2D eigenvalue weighted by molar-refractivity contribution is 0.102. The van der Waals surface area contributed by atoms with Crippen LogP contribution in [0, 0.1) is 6.92 Å². The molecule has 28 heavy (non-hydrogen) atoms. The smallest absolute Gasteiger partial charge is 0.264 e. The van der Waals surface area contributed by atoms with E-state index in [4.69, 9.17) is 11.6 Å². The van der Waals surface area contributed by atoms with E-state index in [0.717, 1.165) is 9.87 Å². The highest BCUT2D eigenvalue weighted by Gasteiger charge is 2.23. The number of halogens is 1. The largest absolute Gasteiger partial charge is 0.307 e. The molecule has 0 radical (unpaired) electrons. The number of nitrogens with zero attached hydrogens (tertiary/aromatic N) is 2. The first-order chi connectivity index (χ1) is 13.3. The molecule has 0 bridgehead atoms. The summed E-state index contributed by atoms with van der Waals surface area (Å²) in [6.45, 7) is 1.88. The Kier molecular flexibility index (Phi) is 5.67. The first kappa shape index (κ1) is 19.9. The van der Waals surface area contributed by atoms with Gasteiger partial charge in [0, 0.05) is 13.2 Å². The fraction of sp³-hybridized carbons (Fsp3) is 0.100. The summed E-state index contributed by atoms with van der Waals surface area (Å²) in [5.41, 5.74) is 1.51. The zero-order valence-electron chi connectivity index (χ0n) is 15.3. The molecule has 0 spiro atoms. The number of amides is 1. The summed E-state index contributed by atoms with van der Waals surface area (Å²) in [6, 6.07) is 16.2. The average Bonchev–Trinajstić information content (AvgIpc) is 2.70. The van der Waals surface area contributed by atoms with Crippen LogP contribution in [0.15, 0.2) is 71.8 Å². The second-order valence-corrected chi connectivity index (χ2v) is 8.50. The van der Waals surface area contributed by atoms with Gasteiger partial charge in [0.2, 0.25) is 0 Å². The van der Waals surface area contributed by atoms with Crippen LogP contribution in [0.4, 0.5) is 11.5 Å². The van der Waals surface area contributed by atoms with E-state index < -0.39 is 15.9 Å². The van der Waals surface area contributed by atoms with Crippen LogP contribution in [0.1, 0.15) is 15.9 Å². The molecule has 1 heterocycles. The summed E-state index contributed by atoms with van der Waals surface area (Å²) in [5, 5.41) is 2.77. The summed E-state index contributed by atoms with van der Waals surface area (Å²) in [7, 11) is -2.41. The Morgan fingerprint density at radius 2 is 1.79 bits per heavy atom. The number of carbonyl (C=O) groups excluding carboxylic acids is 1. The highest BCUT2D eigenvalue weighted by atomic mass is 35.5. The van der Waals surface area contributed by atoms with Crippen LogP contribution in [0.25, 0.3) is 0 Å². The normalized spacial score (nSPS) is 11.1. The highest BCUT2D eigenvalue weighted by molar-refractivity contribution is 7.92. The van der Waals surface area contributed by atoms with E-state index in [1.807, 2.05) is 6.92 Å². The predicted octanol–water partition coefficient (Wildman–Crippen LogP) is 4.12. The van der Waals surface area contributed by atoms with Gasteiger partial charge in [0.15, 0.2) is 0 Å². The van der Waals surface area contributed by atoms with Gasteiger partial charge in [-0.3, -0.25) is 9.10 Å². The summed E-state index contributed by atoms with van der Waals surface area (Å²) >= 11 is 6.14. The molecule has 0 fully saturated rings. The molecule has 0 unspecified atom stereocenters. The van der Waals surface area contributed by atoms with Crippen molar-refractivity contribution in [1.29, 1.82) is 0 Å². The van der Waals surface area contributed by atoms with E-state index in [0.29, 0.717) is 11.5 Å². The molecular formula is C20H18ClN3O3S. The van der Waals surface area contributed by atoms with E-state index >= 15 is 0 Å². The third-order valence-electron chi connectivity index (χ3n) is 4.11. The number of anilines is 2. The molecule has 0 saturated carbocycles. The minimum atomic E-state index is -3.86. The van der Waals surface area contributed by atoms with Crippen molar-refractivity contribution in [3.8, 4) is 0 Å². The first-order valence-electron chi connectivity index (χ1n) is 8.36. The van der Waals surface area contributed by atoms with Crippen LogP contribution in [-0.4, -0.2) is 26.4 Å². The van der Waals surface area contributed by atoms with E-state index in [1.165, 1.54) is 25.2 Å². The third kappa shape index (κ3) is 4.16. The van der Waals surface area contributed by atoms with Crippen molar-refractivity contribution >= 4 is 39.0 Å². The predicted molar refractivity (Wildman–Crippen MR) is 110 cm³/mol. The molecule has 0 aliphatic carbocycles. The maximum Gasteiger partial charge on any atom is 0.264 e. The van der Waals surface area contributed by atoms with Gasteiger partial charge in [-0.25, -0.2) is 13.4 Å². The number of pyridine rings is 1. The molecule has 6 nitrogen and oxygen atoms in total. The van der Waals surface area contributed by atoms with Crippen molar-refractivity contribution in [2.75, 3.05) is 16.7 Å². The molecule has 0 atom stereocenters. The third-order valence-corrected chi connectivity index (χ3v) is 6.22. The molecule has 0 aliphatic rings. The quantitative estimate of drug-likeness (QED) is 0.679. The fourth-order valence-corrected chi connectivity index (χ4v) is 3.92. The second kappa shape index (κ2) is 8.00. The van der Waals surface area contributed by atoms with Crippen LogP contribution in [0.5, 0.6) is 0 Å². The Labute approximate surface area is 168 Å². The standard InChI is InChI=1S/C20H18ClN3O3S/c1-14-8-11-19(22-13-14)23-20(25)17-12-16(9-10-18(17)21)28(26,27)24(2)15-6-4-3-5-7-15/h3-13H,1-2H3,(H,22,23,25). The van der Waals surface area contributed by atoms with Crippen LogP contribution in [0.2, 0.25) is 5.02 Å². The van der Waals surface area contributed by atoms with Crippen LogP contribution in [0.3, 0.4) is 0 Å². The van der Waals surface area contributed by atoms with Crippen molar-refractivity contribution in [3.05, 3.63) is 83.0 Å². The van der Waals surface area contributed by atoms with E-state index in [9.17, 15) is 13.2 Å². The van der Waals surface area contributed by atoms with Gasteiger partial charge in [0.05, 0.1) is 21.2 Å². The molecular weight excluding hydrogens is 398 g/mol. The number of carbonyl (C=O) groups is 1. The van der Waals surface area contributed by atoms with Gasteiger partial charge in [-0.05, 0) is 48.9 Å². The van der Waals surface area contributed by atoms with Gasteiger partial charge in [0.1, 0.15) is 5.82 Å². The molecule has 8 heteroatoms. The molecule has 3 aromatic rings. The number of sulfonamides is 1. The number of hydrogen-bond acceptors (Lipinski definition) is 4. The zero-order valence-corrected chi connectivity index (χ0v) is 16.8. The number of rotatable bonds is 5. The van der Waals surface area contributed by atoms with Crippen molar-refractivity contribution < 1.29 is 13.2 Å². The van der Waals surface area contributed by atoms with Gasteiger partial charge >= 0.3 is 0 Å². The van der Waals surface area contributed by atoms with Crippen LogP contribution in [-0.2, 0) is 10.0 Å². The van der Waals surface area contributed by atoms with E-state index in [-0.39, 0.29) is 15.5 Å². The molecule has 0 saturated heterocycles. The zero-order chi connectivity index (χ0) is 20.3. The molecule has 2 aromatic carbocycles. The molecule has 1 aromatic heterocycles. The molecule has 1 N–H and O–H groups in total. The molecule has 0 aliphatic heterocycles. The van der Waals surface area contributed by atoms with Crippen molar-refractivity contribution in [2.45, 2.75) is 11.8 Å². The Morgan fingerprint density at radius 1 is 1.07 bits per heavy atom. The topological polar surface area (TPSA) is 79.4 Å². The molecule has 144 valence electrons. The van der Waals surface area contributed by atoms with Crippen molar-refractivity contribution in [2.24, 2.45) is 0 Å². The summed E-state index contributed by atoms with van der Waals surface area (Å²) in [4.78, 5) is 16.7. The highest BCUT2D eigenvalue weighted by Crippen LogP contribution is 2.26. The Hall–Kier alpha value is -2.90. The lowest BCUT2D eigenvalue weighted by Crippen LogP contribution is -2.27.